The number of aromatic nitrogens is 2. The highest BCUT2D eigenvalue weighted by Gasteiger charge is 2.24. The van der Waals surface area contributed by atoms with E-state index in [9.17, 15) is 9.59 Å². The molecule has 2 aromatic heterocycles. The smallest absolute Gasteiger partial charge is 0.263 e. The lowest BCUT2D eigenvalue weighted by atomic mass is 9.95. The van der Waals surface area contributed by atoms with Crippen LogP contribution < -0.4 is 10.9 Å². The van der Waals surface area contributed by atoms with E-state index in [1.165, 1.54) is 29.5 Å². The molecule has 192 valence electrons. The summed E-state index contributed by atoms with van der Waals surface area (Å²) in [5, 5.41) is 5.10. The van der Waals surface area contributed by atoms with Crippen molar-refractivity contribution in [2.24, 2.45) is 0 Å². The summed E-state index contributed by atoms with van der Waals surface area (Å²) in [7, 11) is 0. The molecule has 0 saturated heterocycles. The minimum absolute atomic E-state index is 0.0833. The Hall–Kier alpha value is -2.61. The Bertz CT molecular complexity index is 1460. The highest BCUT2D eigenvalue weighted by molar-refractivity contribution is 7.98. The Kier molecular flexibility index (Phi) is 8.33. The van der Waals surface area contributed by atoms with Gasteiger partial charge in [-0.2, -0.15) is 0 Å². The van der Waals surface area contributed by atoms with Gasteiger partial charge in [0.05, 0.1) is 10.3 Å². The van der Waals surface area contributed by atoms with Gasteiger partial charge in [-0.25, -0.2) is 4.98 Å². The molecule has 5 nitrogen and oxygen atoms in total. The Balaban J connectivity index is 1.48. The van der Waals surface area contributed by atoms with E-state index in [-0.39, 0.29) is 17.5 Å². The lowest BCUT2D eigenvalue weighted by Crippen LogP contribution is -2.36. The average molecular weight is 552 g/mol. The van der Waals surface area contributed by atoms with Gasteiger partial charge in [0.15, 0.2) is 5.16 Å². The molecule has 1 amide bonds. The fourth-order valence-corrected chi connectivity index (χ4v) is 7.19. The van der Waals surface area contributed by atoms with Crippen LogP contribution in [0.4, 0.5) is 0 Å². The van der Waals surface area contributed by atoms with Gasteiger partial charge in [0, 0.05) is 23.4 Å². The molecule has 1 aliphatic carbocycles. The Morgan fingerprint density at radius 1 is 1.11 bits per heavy atom. The number of aryl methyl sites for hydroxylation is 2. The van der Waals surface area contributed by atoms with E-state index in [0.29, 0.717) is 37.6 Å². The van der Waals surface area contributed by atoms with Crippen LogP contribution in [0.15, 0.2) is 64.5 Å². The second kappa shape index (κ2) is 11.8. The van der Waals surface area contributed by atoms with Gasteiger partial charge in [-0.15, -0.1) is 11.3 Å². The quantitative estimate of drug-likeness (QED) is 0.189. The second-order valence-electron chi connectivity index (χ2n) is 9.55. The molecule has 0 bridgehead atoms. The SMILES string of the molecule is Cc1c(C(=O)NC2CCCCC2)sc2nc(SCc3cccc(Cl)c3)n(CCc3ccccc3)c(=O)c12. The number of thiophene rings is 1. The number of hydrogen-bond acceptors (Lipinski definition) is 5. The van der Waals surface area contributed by atoms with Crippen molar-refractivity contribution in [3.8, 4) is 0 Å². The first-order valence-electron chi connectivity index (χ1n) is 12.8. The molecule has 2 heterocycles. The van der Waals surface area contributed by atoms with Gasteiger partial charge < -0.3 is 5.32 Å². The number of fused-ring (bicyclic) bond motifs is 1. The number of rotatable bonds is 8. The van der Waals surface area contributed by atoms with E-state index < -0.39 is 0 Å². The number of halogens is 1. The topological polar surface area (TPSA) is 64.0 Å². The van der Waals surface area contributed by atoms with E-state index in [1.54, 1.807) is 4.57 Å². The number of hydrogen-bond donors (Lipinski definition) is 1. The maximum atomic E-state index is 13.8. The zero-order chi connectivity index (χ0) is 25.8. The Labute approximate surface area is 230 Å². The van der Waals surface area contributed by atoms with Crippen molar-refractivity contribution in [2.45, 2.75) is 68.9 Å². The van der Waals surface area contributed by atoms with Crippen LogP contribution in [0.1, 0.15) is 58.5 Å². The fraction of sp³-hybridized carbons (Fsp3) is 0.345. The largest absolute Gasteiger partial charge is 0.349 e. The van der Waals surface area contributed by atoms with Crippen molar-refractivity contribution in [1.82, 2.24) is 14.9 Å². The van der Waals surface area contributed by atoms with Crippen molar-refractivity contribution in [2.75, 3.05) is 0 Å². The molecule has 4 aromatic rings. The third-order valence-electron chi connectivity index (χ3n) is 6.89. The zero-order valence-electron chi connectivity index (χ0n) is 20.8. The van der Waals surface area contributed by atoms with Crippen molar-refractivity contribution in [3.05, 3.63) is 91.5 Å². The maximum absolute atomic E-state index is 13.8. The molecule has 1 saturated carbocycles. The summed E-state index contributed by atoms with van der Waals surface area (Å²) in [5.74, 6) is 0.555. The lowest BCUT2D eigenvalue weighted by molar-refractivity contribution is 0.0931. The van der Waals surface area contributed by atoms with Gasteiger partial charge in [-0.3, -0.25) is 14.2 Å². The number of amides is 1. The summed E-state index contributed by atoms with van der Waals surface area (Å²) in [5.41, 5.74) is 2.87. The predicted octanol–water partition coefficient (Wildman–Crippen LogP) is 7.02. The third kappa shape index (κ3) is 6.11. The summed E-state index contributed by atoms with van der Waals surface area (Å²) in [6, 6.07) is 18.1. The highest BCUT2D eigenvalue weighted by atomic mass is 35.5. The first kappa shape index (κ1) is 26.0. The molecular weight excluding hydrogens is 522 g/mol. The van der Waals surface area contributed by atoms with Gasteiger partial charge in [0.1, 0.15) is 4.83 Å². The molecule has 0 spiro atoms. The van der Waals surface area contributed by atoms with E-state index in [2.05, 4.69) is 17.4 Å². The van der Waals surface area contributed by atoms with Gasteiger partial charge in [-0.1, -0.05) is 85.1 Å². The molecule has 37 heavy (non-hydrogen) atoms. The number of nitrogens with one attached hydrogen (secondary N) is 1. The molecule has 0 unspecified atom stereocenters. The molecular formula is C29H30ClN3O2S2. The summed E-state index contributed by atoms with van der Waals surface area (Å²) >= 11 is 9.03. The molecule has 0 atom stereocenters. The predicted molar refractivity (Wildman–Crippen MR) is 154 cm³/mol. The number of carbonyl (C=O) groups excluding carboxylic acids is 1. The third-order valence-corrected chi connectivity index (χ3v) is 9.35. The lowest BCUT2D eigenvalue weighted by Gasteiger charge is -2.22. The van der Waals surface area contributed by atoms with Gasteiger partial charge in [-0.05, 0) is 55.0 Å². The van der Waals surface area contributed by atoms with Crippen molar-refractivity contribution >= 4 is 50.8 Å². The second-order valence-corrected chi connectivity index (χ2v) is 11.9. The summed E-state index contributed by atoms with van der Waals surface area (Å²) in [4.78, 5) is 33.2. The van der Waals surface area contributed by atoms with Crippen molar-refractivity contribution < 1.29 is 4.79 Å². The van der Waals surface area contributed by atoms with Crippen LogP contribution in [0, 0.1) is 6.92 Å². The van der Waals surface area contributed by atoms with Gasteiger partial charge in [0.25, 0.3) is 11.5 Å². The number of carbonyl (C=O) groups is 1. The molecule has 0 aliphatic heterocycles. The Morgan fingerprint density at radius 2 is 1.86 bits per heavy atom. The summed E-state index contributed by atoms with van der Waals surface area (Å²) < 4.78 is 1.77. The van der Waals surface area contributed by atoms with Crippen LogP contribution in [-0.2, 0) is 18.7 Å². The average Bonchev–Trinajstić information content (AvgIpc) is 3.24. The van der Waals surface area contributed by atoms with Gasteiger partial charge >= 0.3 is 0 Å². The minimum Gasteiger partial charge on any atom is -0.349 e. The Morgan fingerprint density at radius 3 is 2.62 bits per heavy atom. The first-order chi connectivity index (χ1) is 18.0. The summed E-state index contributed by atoms with van der Waals surface area (Å²) in [6.07, 6.45) is 6.29. The number of benzene rings is 2. The van der Waals surface area contributed by atoms with Gasteiger partial charge in [0.2, 0.25) is 0 Å². The van der Waals surface area contributed by atoms with Crippen molar-refractivity contribution in [1.29, 1.82) is 0 Å². The molecule has 1 fully saturated rings. The number of thioether (sulfide) groups is 1. The summed E-state index contributed by atoms with van der Waals surface area (Å²) in [6.45, 7) is 2.39. The first-order valence-corrected chi connectivity index (χ1v) is 14.9. The minimum atomic E-state index is -0.0873. The van der Waals surface area contributed by atoms with E-state index in [1.807, 2.05) is 49.4 Å². The van der Waals surface area contributed by atoms with Crippen LogP contribution in [0.25, 0.3) is 10.2 Å². The monoisotopic (exact) mass is 551 g/mol. The van der Waals surface area contributed by atoms with Crippen molar-refractivity contribution in [3.63, 3.8) is 0 Å². The molecule has 8 heteroatoms. The van der Waals surface area contributed by atoms with Crippen LogP contribution in [-0.4, -0.2) is 21.5 Å². The standard InChI is InChI=1S/C29H30ClN3O2S2/c1-19-24-27(37-25(19)26(34)31-23-13-6-3-7-14-23)32-29(36-18-21-11-8-12-22(30)17-21)33(28(24)35)16-15-20-9-4-2-5-10-20/h2,4-5,8-12,17,23H,3,6-7,13-16,18H2,1H3,(H,31,34). The van der Waals surface area contributed by atoms with E-state index >= 15 is 0 Å². The highest BCUT2D eigenvalue weighted by Crippen LogP contribution is 2.31. The fourth-order valence-electron chi connectivity index (χ4n) is 4.88. The molecule has 1 N–H and O–H groups in total. The van der Waals surface area contributed by atoms with Crippen LogP contribution in [0.3, 0.4) is 0 Å². The number of nitrogens with zero attached hydrogens (tertiary/aromatic N) is 2. The van der Waals surface area contributed by atoms with Crippen LogP contribution in [0.5, 0.6) is 0 Å². The van der Waals surface area contributed by atoms with Crippen LogP contribution in [0.2, 0.25) is 5.02 Å². The van der Waals surface area contributed by atoms with Crippen LogP contribution >= 0.6 is 34.7 Å². The molecule has 5 rings (SSSR count). The molecule has 1 aliphatic rings. The van der Waals surface area contributed by atoms with E-state index in [0.717, 1.165) is 48.8 Å². The molecule has 0 radical (unpaired) electrons. The van der Waals surface area contributed by atoms with E-state index in [4.69, 9.17) is 16.6 Å². The molecule has 2 aromatic carbocycles. The normalized spacial score (nSPS) is 14.2. The zero-order valence-corrected chi connectivity index (χ0v) is 23.2. The maximum Gasteiger partial charge on any atom is 0.263 e.